The Morgan fingerprint density at radius 2 is 1.92 bits per heavy atom. The normalized spacial score (nSPS) is 12.6. The molecule has 2 heterocycles. The summed E-state index contributed by atoms with van der Waals surface area (Å²) >= 11 is 0. The number of fused-ring (bicyclic) bond motifs is 1. The van der Waals surface area contributed by atoms with Crippen molar-refractivity contribution in [1.82, 2.24) is 19.7 Å². The highest BCUT2D eigenvalue weighted by molar-refractivity contribution is 5.99. The molecule has 0 bridgehead atoms. The van der Waals surface area contributed by atoms with Crippen LogP contribution in [-0.2, 0) is 13.6 Å². The number of carbonyl (C=O) groups is 1. The molecule has 0 aliphatic rings. The largest absolute Gasteiger partial charge is 0.348 e. The van der Waals surface area contributed by atoms with Crippen LogP contribution in [0.25, 0.3) is 10.9 Å². The van der Waals surface area contributed by atoms with Gasteiger partial charge >= 0.3 is 0 Å². The van der Waals surface area contributed by atoms with Crippen LogP contribution in [-0.4, -0.2) is 26.3 Å². The molecule has 0 saturated heterocycles. The zero-order valence-corrected chi connectivity index (χ0v) is 15.8. The highest BCUT2D eigenvalue weighted by Crippen LogP contribution is 2.25. The van der Waals surface area contributed by atoms with Crippen molar-refractivity contribution in [2.24, 2.45) is 7.05 Å². The van der Waals surface area contributed by atoms with Crippen molar-refractivity contribution in [3.63, 3.8) is 0 Å². The SMILES string of the molecule is Cc1cc(C)n(CC(C)NC(=O)c2ccc3c(c2)c(C)c(C)n3C)n1. The first-order valence-corrected chi connectivity index (χ1v) is 8.65. The van der Waals surface area contributed by atoms with E-state index in [0.717, 1.165) is 22.3 Å². The van der Waals surface area contributed by atoms with E-state index in [1.165, 1.54) is 11.3 Å². The van der Waals surface area contributed by atoms with Gasteiger partial charge in [-0.1, -0.05) is 0 Å². The molecule has 0 saturated carbocycles. The molecule has 0 spiro atoms. The van der Waals surface area contributed by atoms with Crippen molar-refractivity contribution in [3.8, 4) is 0 Å². The highest BCUT2D eigenvalue weighted by atomic mass is 16.1. The number of hydrogen-bond acceptors (Lipinski definition) is 2. The van der Waals surface area contributed by atoms with Gasteiger partial charge in [-0.3, -0.25) is 9.48 Å². The fraction of sp³-hybridized carbons (Fsp3) is 0.400. The van der Waals surface area contributed by atoms with Crippen LogP contribution in [0.2, 0.25) is 0 Å². The van der Waals surface area contributed by atoms with Gasteiger partial charge in [-0.15, -0.1) is 0 Å². The topological polar surface area (TPSA) is 51.9 Å². The average Bonchev–Trinajstić information content (AvgIpc) is 2.98. The molecule has 1 N–H and O–H groups in total. The molecule has 5 nitrogen and oxygen atoms in total. The summed E-state index contributed by atoms with van der Waals surface area (Å²) in [6.07, 6.45) is 0. The zero-order chi connectivity index (χ0) is 18.3. The van der Waals surface area contributed by atoms with Crippen LogP contribution < -0.4 is 5.32 Å². The fourth-order valence-electron chi connectivity index (χ4n) is 3.37. The number of amides is 1. The Morgan fingerprint density at radius 1 is 1.20 bits per heavy atom. The number of nitrogens with zero attached hydrogens (tertiary/aromatic N) is 3. The molecular weight excluding hydrogens is 312 g/mol. The maximum absolute atomic E-state index is 12.6. The molecule has 1 aromatic carbocycles. The van der Waals surface area contributed by atoms with Gasteiger partial charge in [0.1, 0.15) is 0 Å². The number of aromatic nitrogens is 3. The van der Waals surface area contributed by atoms with Crippen molar-refractivity contribution in [3.05, 3.63) is 52.5 Å². The fourth-order valence-corrected chi connectivity index (χ4v) is 3.37. The lowest BCUT2D eigenvalue weighted by atomic mass is 10.1. The van der Waals surface area contributed by atoms with Gasteiger partial charge in [0, 0.05) is 40.9 Å². The van der Waals surface area contributed by atoms with Crippen LogP contribution in [0.1, 0.15) is 39.9 Å². The van der Waals surface area contributed by atoms with Crippen molar-refractivity contribution in [1.29, 1.82) is 0 Å². The molecule has 0 radical (unpaired) electrons. The van der Waals surface area contributed by atoms with Crippen molar-refractivity contribution >= 4 is 16.8 Å². The third-order valence-electron chi connectivity index (χ3n) is 5.00. The van der Waals surface area contributed by atoms with Crippen LogP contribution in [0, 0.1) is 27.7 Å². The summed E-state index contributed by atoms with van der Waals surface area (Å²) in [6.45, 7) is 10.9. The van der Waals surface area contributed by atoms with Gasteiger partial charge in [-0.25, -0.2) is 0 Å². The van der Waals surface area contributed by atoms with Crippen LogP contribution in [0.4, 0.5) is 0 Å². The third-order valence-corrected chi connectivity index (χ3v) is 5.00. The summed E-state index contributed by atoms with van der Waals surface area (Å²) in [5.74, 6) is -0.0446. The molecule has 2 aromatic heterocycles. The summed E-state index contributed by atoms with van der Waals surface area (Å²) in [5.41, 5.74) is 6.41. The van der Waals surface area contributed by atoms with E-state index in [1.54, 1.807) is 0 Å². The summed E-state index contributed by atoms with van der Waals surface area (Å²) in [7, 11) is 2.06. The maximum Gasteiger partial charge on any atom is 0.251 e. The lowest BCUT2D eigenvalue weighted by molar-refractivity contribution is 0.0936. The van der Waals surface area contributed by atoms with E-state index in [9.17, 15) is 4.79 Å². The van der Waals surface area contributed by atoms with Crippen LogP contribution in [0.5, 0.6) is 0 Å². The van der Waals surface area contributed by atoms with Gasteiger partial charge in [0.2, 0.25) is 0 Å². The van der Waals surface area contributed by atoms with E-state index < -0.39 is 0 Å². The molecular formula is C20H26N4O. The second-order valence-electron chi connectivity index (χ2n) is 6.99. The van der Waals surface area contributed by atoms with E-state index in [2.05, 4.69) is 35.9 Å². The third kappa shape index (κ3) is 3.18. The summed E-state index contributed by atoms with van der Waals surface area (Å²) in [5, 5.41) is 8.68. The Bertz CT molecular complexity index is 948. The Morgan fingerprint density at radius 3 is 2.56 bits per heavy atom. The molecule has 5 heteroatoms. The smallest absolute Gasteiger partial charge is 0.251 e. The number of carbonyl (C=O) groups excluding carboxylic acids is 1. The lowest BCUT2D eigenvalue weighted by Crippen LogP contribution is -2.36. The predicted molar refractivity (Wildman–Crippen MR) is 101 cm³/mol. The molecule has 0 fully saturated rings. The number of rotatable bonds is 4. The van der Waals surface area contributed by atoms with Crippen molar-refractivity contribution in [2.45, 2.75) is 47.2 Å². The predicted octanol–water partition coefficient (Wildman–Crippen LogP) is 3.43. The van der Waals surface area contributed by atoms with Crippen LogP contribution in [0.3, 0.4) is 0 Å². The molecule has 0 aliphatic carbocycles. The maximum atomic E-state index is 12.6. The first kappa shape index (κ1) is 17.3. The van der Waals surface area contributed by atoms with Gasteiger partial charge in [-0.05, 0) is 64.4 Å². The molecule has 132 valence electrons. The van der Waals surface area contributed by atoms with E-state index in [-0.39, 0.29) is 11.9 Å². The minimum Gasteiger partial charge on any atom is -0.348 e. The van der Waals surface area contributed by atoms with Gasteiger partial charge < -0.3 is 9.88 Å². The van der Waals surface area contributed by atoms with Gasteiger partial charge in [0.15, 0.2) is 0 Å². The average molecular weight is 338 g/mol. The Kier molecular flexibility index (Phi) is 4.41. The van der Waals surface area contributed by atoms with E-state index >= 15 is 0 Å². The molecule has 1 amide bonds. The monoisotopic (exact) mass is 338 g/mol. The number of hydrogen-bond donors (Lipinski definition) is 1. The summed E-state index contributed by atoms with van der Waals surface area (Å²) in [6, 6.07) is 7.95. The molecule has 0 aliphatic heterocycles. The van der Waals surface area contributed by atoms with Gasteiger partial charge in [-0.2, -0.15) is 5.10 Å². The molecule has 1 atom stereocenters. The van der Waals surface area contributed by atoms with E-state index in [1.807, 2.05) is 49.7 Å². The first-order chi connectivity index (χ1) is 11.8. The first-order valence-electron chi connectivity index (χ1n) is 8.65. The second-order valence-corrected chi connectivity index (χ2v) is 6.99. The highest BCUT2D eigenvalue weighted by Gasteiger charge is 2.15. The quantitative estimate of drug-likeness (QED) is 0.792. The Balaban J connectivity index is 1.77. The van der Waals surface area contributed by atoms with Crippen molar-refractivity contribution < 1.29 is 4.79 Å². The van der Waals surface area contributed by atoms with Gasteiger partial charge in [0.05, 0.1) is 12.2 Å². The van der Waals surface area contributed by atoms with Gasteiger partial charge in [0.25, 0.3) is 5.91 Å². The molecule has 25 heavy (non-hydrogen) atoms. The number of aryl methyl sites for hydroxylation is 4. The molecule has 3 rings (SSSR count). The Labute approximate surface area is 148 Å². The second kappa shape index (κ2) is 6.39. The van der Waals surface area contributed by atoms with Crippen molar-refractivity contribution in [2.75, 3.05) is 0 Å². The minimum atomic E-state index is -0.0446. The standard InChI is InChI=1S/C20H26N4O/c1-12-9-14(3)24(22-12)11-13(2)21-20(25)17-7-8-19-18(10-17)15(4)16(5)23(19)6/h7-10,13H,11H2,1-6H3,(H,21,25). The Hall–Kier alpha value is -2.56. The minimum absolute atomic E-state index is 0.000182. The number of nitrogens with one attached hydrogen (secondary N) is 1. The molecule has 1 unspecified atom stereocenters. The van der Waals surface area contributed by atoms with E-state index in [4.69, 9.17) is 0 Å². The lowest BCUT2D eigenvalue weighted by Gasteiger charge is -2.15. The zero-order valence-electron chi connectivity index (χ0n) is 15.8. The summed E-state index contributed by atoms with van der Waals surface area (Å²) in [4.78, 5) is 12.6. The number of benzene rings is 1. The van der Waals surface area contributed by atoms with Crippen LogP contribution in [0.15, 0.2) is 24.3 Å². The van der Waals surface area contributed by atoms with E-state index in [0.29, 0.717) is 12.1 Å². The summed E-state index contributed by atoms with van der Waals surface area (Å²) < 4.78 is 4.10. The van der Waals surface area contributed by atoms with Crippen LogP contribution >= 0.6 is 0 Å². The molecule has 3 aromatic rings.